The molecule has 0 aromatic rings. The smallest absolute Gasteiger partial charge is 0.462 e. The number of quaternary nitrogens is 1. The van der Waals surface area contributed by atoms with Gasteiger partial charge in [0.1, 0.15) is 19.8 Å². The number of hydrogen-bond acceptors (Lipinski definition) is 7. The van der Waals surface area contributed by atoms with E-state index in [2.05, 4.69) is 98.9 Å². The standard InChI is InChI=1S/C71H128NO8P/c1-6-8-10-12-14-16-18-20-22-24-26-28-30-31-32-33-34-35-36-37-38-39-40-41-42-44-46-48-50-52-54-56-58-60-62-64-71(74)80-69(68-79-81(75,76)78-66-65-72(3,4)5)67-77-70(73)63-61-59-57-55-53-51-49-47-45-43-29-27-25-23-21-19-17-15-13-11-9-7-2/h8,10,14,16,20,22,26,28,31-32,34-35,37-38,69H,6-7,9,11-13,15,17-19,21,23-25,27,29-30,33,36,39-68H2,1-5H3/p+1/b10-8-,16-14-,22-20-,28-26-,32-31-,35-34-,38-37-. The quantitative estimate of drug-likeness (QED) is 0.0211. The third kappa shape index (κ3) is 66.2. The van der Waals surface area contributed by atoms with E-state index >= 15 is 0 Å². The Kier molecular flexibility index (Phi) is 59.6. The van der Waals surface area contributed by atoms with Gasteiger partial charge < -0.3 is 18.9 Å². The van der Waals surface area contributed by atoms with Crippen molar-refractivity contribution in [3.8, 4) is 0 Å². The first-order valence-corrected chi connectivity index (χ1v) is 35.3. The van der Waals surface area contributed by atoms with Crippen LogP contribution in [0.15, 0.2) is 85.1 Å². The maximum Gasteiger partial charge on any atom is 0.472 e. The fraction of sp³-hybridized carbons (Fsp3) is 0.775. The summed E-state index contributed by atoms with van der Waals surface area (Å²) in [6, 6.07) is 0. The summed E-state index contributed by atoms with van der Waals surface area (Å²) in [6.45, 7) is 4.36. The van der Waals surface area contributed by atoms with Gasteiger partial charge in [-0.2, -0.15) is 0 Å². The third-order valence-corrected chi connectivity index (χ3v) is 15.7. The molecule has 0 saturated heterocycles. The fourth-order valence-electron chi connectivity index (χ4n) is 9.53. The zero-order valence-corrected chi connectivity index (χ0v) is 54.4. The molecule has 0 aromatic heterocycles. The predicted octanol–water partition coefficient (Wildman–Crippen LogP) is 21.8. The van der Waals surface area contributed by atoms with Crippen LogP contribution in [0, 0.1) is 0 Å². The lowest BCUT2D eigenvalue weighted by atomic mass is 10.0. The maximum atomic E-state index is 12.9. The van der Waals surface area contributed by atoms with Crippen molar-refractivity contribution >= 4 is 19.8 Å². The van der Waals surface area contributed by atoms with Crippen molar-refractivity contribution in [3.05, 3.63) is 85.1 Å². The van der Waals surface area contributed by atoms with Crippen molar-refractivity contribution < 1.29 is 42.1 Å². The highest BCUT2D eigenvalue weighted by molar-refractivity contribution is 7.47. The van der Waals surface area contributed by atoms with Crippen LogP contribution in [0.4, 0.5) is 0 Å². The molecule has 0 fully saturated rings. The first-order valence-electron chi connectivity index (χ1n) is 33.8. The molecule has 9 nitrogen and oxygen atoms in total. The Morgan fingerprint density at radius 1 is 0.395 bits per heavy atom. The third-order valence-electron chi connectivity index (χ3n) is 14.7. The first-order chi connectivity index (χ1) is 39.5. The van der Waals surface area contributed by atoms with E-state index in [1.807, 2.05) is 21.1 Å². The number of phosphoric ester groups is 1. The number of carbonyl (C=O) groups excluding carboxylic acids is 2. The molecule has 0 saturated carbocycles. The van der Waals surface area contributed by atoms with E-state index in [1.54, 1.807) is 0 Å². The molecule has 0 radical (unpaired) electrons. The van der Waals surface area contributed by atoms with Crippen LogP contribution in [0.1, 0.15) is 303 Å². The van der Waals surface area contributed by atoms with Crippen LogP contribution >= 0.6 is 7.82 Å². The SMILES string of the molecule is CC/C=C\C/C=C\C/C=C\C/C=C\C/C=C\C/C=C\C/C=C\CCCCCCCCCCCCCCCC(=O)OC(COC(=O)CCCCCCCCCCCCCCCCCCCCCCCC)COP(=O)(O)OCC[N+](C)(C)C. The summed E-state index contributed by atoms with van der Waals surface area (Å²) < 4.78 is 34.7. The summed E-state index contributed by atoms with van der Waals surface area (Å²) in [7, 11) is 1.48. The Morgan fingerprint density at radius 3 is 1.05 bits per heavy atom. The van der Waals surface area contributed by atoms with Crippen LogP contribution in [0.25, 0.3) is 0 Å². The zero-order valence-electron chi connectivity index (χ0n) is 53.5. The van der Waals surface area contributed by atoms with Gasteiger partial charge in [0, 0.05) is 12.8 Å². The van der Waals surface area contributed by atoms with Crippen molar-refractivity contribution in [2.45, 2.75) is 309 Å². The summed E-state index contributed by atoms with van der Waals surface area (Å²) in [5.41, 5.74) is 0. The number of rotatable bonds is 62. The lowest BCUT2D eigenvalue weighted by molar-refractivity contribution is -0.870. The molecule has 1 N–H and O–H groups in total. The molecule has 0 amide bonds. The average Bonchev–Trinajstić information content (AvgIpc) is 3.43. The number of esters is 2. The molecule has 0 rings (SSSR count). The first kappa shape index (κ1) is 78.2. The van der Waals surface area contributed by atoms with Crippen molar-refractivity contribution in [2.24, 2.45) is 0 Å². The van der Waals surface area contributed by atoms with Crippen LogP contribution in [0.2, 0.25) is 0 Å². The van der Waals surface area contributed by atoms with Crippen molar-refractivity contribution in [1.82, 2.24) is 0 Å². The summed E-state index contributed by atoms with van der Waals surface area (Å²) in [5, 5.41) is 0. The van der Waals surface area contributed by atoms with E-state index < -0.39 is 26.5 Å². The minimum absolute atomic E-state index is 0.0308. The van der Waals surface area contributed by atoms with Crippen LogP contribution in [0.5, 0.6) is 0 Å². The van der Waals surface area contributed by atoms with E-state index in [0.717, 1.165) is 83.5 Å². The Labute approximate surface area is 501 Å². The summed E-state index contributed by atoms with van der Waals surface area (Å²) in [6.07, 6.45) is 83.9. The zero-order chi connectivity index (χ0) is 59.1. The minimum Gasteiger partial charge on any atom is -0.462 e. The van der Waals surface area contributed by atoms with E-state index in [4.69, 9.17) is 18.5 Å². The number of phosphoric acid groups is 1. The monoisotopic (exact) mass is 1150 g/mol. The van der Waals surface area contributed by atoms with E-state index in [1.165, 1.54) is 186 Å². The molecule has 0 aliphatic carbocycles. The molecule has 0 aliphatic heterocycles. The Hall–Kier alpha value is -2.81. The number of carbonyl (C=O) groups is 2. The highest BCUT2D eigenvalue weighted by Crippen LogP contribution is 2.43. The molecule has 470 valence electrons. The molecule has 0 bridgehead atoms. The van der Waals surface area contributed by atoms with Gasteiger partial charge in [0.15, 0.2) is 6.10 Å². The van der Waals surface area contributed by atoms with Crippen LogP contribution < -0.4 is 0 Å². The van der Waals surface area contributed by atoms with Gasteiger partial charge in [-0.05, 0) is 70.6 Å². The van der Waals surface area contributed by atoms with Crippen LogP contribution in [-0.4, -0.2) is 74.9 Å². The summed E-state index contributed by atoms with van der Waals surface area (Å²) >= 11 is 0. The molecular weight excluding hydrogens is 1030 g/mol. The van der Waals surface area contributed by atoms with Gasteiger partial charge in [0.25, 0.3) is 0 Å². The molecule has 0 spiro atoms. The minimum atomic E-state index is -4.39. The molecule has 10 heteroatoms. The molecule has 2 atom stereocenters. The maximum absolute atomic E-state index is 12.9. The fourth-order valence-corrected chi connectivity index (χ4v) is 10.3. The van der Waals surface area contributed by atoms with Gasteiger partial charge in [-0.3, -0.25) is 18.6 Å². The lowest BCUT2D eigenvalue weighted by Crippen LogP contribution is -2.37. The van der Waals surface area contributed by atoms with Gasteiger partial charge in [0.2, 0.25) is 0 Å². The average molecular weight is 1160 g/mol. The molecule has 0 aliphatic rings. The van der Waals surface area contributed by atoms with Crippen molar-refractivity contribution in [1.29, 1.82) is 0 Å². The van der Waals surface area contributed by atoms with E-state index in [-0.39, 0.29) is 25.6 Å². The van der Waals surface area contributed by atoms with Crippen molar-refractivity contribution in [2.75, 3.05) is 47.5 Å². The Morgan fingerprint density at radius 2 is 0.704 bits per heavy atom. The number of nitrogens with zero attached hydrogens (tertiary/aromatic N) is 1. The van der Waals surface area contributed by atoms with Gasteiger partial charge in [0.05, 0.1) is 27.7 Å². The lowest BCUT2D eigenvalue weighted by Gasteiger charge is -2.24. The number of likely N-dealkylation sites (N-methyl/N-ethyl adjacent to an activating group) is 1. The number of hydrogen-bond donors (Lipinski definition) is 1. The summed E-state index contributed by atoms with van der Waals surface area (Å²) in [5.74, 6) is -0.787. The molecular formula is C71H129NO8P+. The van der Waals surface area contributed by atoms with Crippen LogP contribution in [-0.2, 0) is 32.7 Å². The van der Waals surface area contributed by atoms with Gasteiger partial charge in [-0.25, -0.2) is 4.57 Å². The molecule has 0 aromatic carbocycles. The largest absolute Gasteiger partial charge is 0.472 e. The molecule has 81 heavy (non-hydrogen) atoms. The van der Waals surface area contributed by atoms with Gasteiger partial charge >= 0.3 is 19.8 Å². The Bertz CT molecular complexity index is 1640. The second-order valence-electron chi connectivity index (χ2n) is 23.8. The molecule has 0 heterocycles. The number of ether oxygens (including phenoxy) is 2. The topological polar surface area (TPSA) is 108 Å². The second-order valence-corrected chi connectivity index (χ2v) is 25.3. The highest BCUT2D eigenvalue weighted by atomic mass is 31.2. The van der Waals surface area contributed by atoms with E-state index in [9.17, 15) is 19.0 Å². The van der Waals surface area contributed by atoms with Gasteiger partial charge in [-0.15, -0.1) is 0 Å². The second kappa shape index (κ2) is 61.7. The summed E-state index contributed by atoms with van der Waals surface area (Å²) in [4.78, 5) is 35.8. The van der Waals surface area contributed by atoms with Crippen molar-refractivity contribution in [3.63, 3.8) is 0 Å². The number of allylic oxidation sites excluding steroid dienone is 14. The highest BCUT2D eigenvalue weighted by Gasteiger charge is 2.27. The Balaban J connectivity index is 4.06. The van der Waals surface area contributed by atoms with Gasteiger partial charge in [-0.1, -0.05) is 304 Å². The van der Waals surface area contributed by atoms with E-state index in [0.29, 0.717) is 23.9 Å². The number of unbranched alkanes of at least 4 members (excludes halogenated alkanes) is 34. The predicted molar refractivity (Wildman–Crippen MR) is 349 cm³/mol. The van der Waals surface area contributed by atoms with Crippen LogP contribution in [0.3, 0.4) is 0 Å². The normalized spacial score (nSPS) is 13.7. The molecule has 2 unspecified atom stereocenters.